The molecule has 2 atom stereocenters. The highest BCUT2D eigenvalue weighted by Gasteiger charge is 2.19. The maximum atomic E-state index is 6.38. The lowest BCUT2D eigenvalue weighted by molar-refractivity contribution is 0.227. The summed E-state index contributed by atoms with van der Waals surface area (Å²) in [6, 6.07) is 10.6. The molecule has 3 nitrogen and oxygen atoms in total. The molecule has 2 N–H and O–H groups in total. The second kappa shape index (κ2) is 7.04. The average molecular weight is 261 g/mol. The molecule has 0 bridgehead atoms. The summed E-state index contributed by atoms with van der Waals surface area (Å²) < 4.78 is 0. The molecule has 0 radical (unpaired) electrons. The van der Waals surface area contributed by atoms with Crippen molar-refractivity contribution < 1.29 is 0 Å². The number of benzene rings is 1. The molecule has 1 aromatic carbocycles. The van der Waals surface area contributed by atoms with E-state index < -0.39 is 0 Å². The van der Waals surface area contributed by atoms with Gasteiger partial charge in [0.2, 0.25) is 0 Å². The molecule has 1 heterocycles. The SMILES string of the molecule is CC(CN1CCCN(C)CC1)C(N)c1ccccc1. The molecule has 0 aliphatic carbocycles. The van der Waals surface area contributed by atoms with E-state index in [9.17, 15) is 0 Å². The van der Waals surface area contributed by atoms with Crippen molar-refractivity contribution >= 4 is 0 Å². The van der Waals surface area contributed by atoms with Crippen molar-refractivity contribution in [3.63, 3.8) is 0 Å². The van der Waals surface area contributed by atoms with Crippen LogP contribution in [0.25, 0.3) is 0 Å². The van der Waals surface area contributed by atoms with Crippen LogP contribution >= 0.6 is 0 Å². The van der Waals surface area contributed by atoms with Crippen molar-refractivity contribution in [2.24, 2.45) is 11.7 Å². The first kappa shape index (κ1) is 14.5. The zero-order chi connectivity index (χ0) is 13.7. The van der Waals surface area contributed by atoms with Gasteiger partial charge in [0.15, 0.2) is 0 Å². The molecule has 2 unspecified atom stereocenters. The molecule has 1 fully saturated rings. The van der Waals surface area contributed by atoms with Crippen LogP contribution in [0.1, 0.15) is 24.9 Å². The number of hydrogen-bond donors (Lipinski definition) is 1. The van der Waals surface area contributed by atoms with E-state index in [-0.39, 0.29) is 6.04 Å². The second-order valence-corrected chi connectivity index (χ2v) is 5.87. The van der Waals surface area contributed by atoms with Crippen LogP contribution in [0.2, 0.25) is 0 Å². The summed E-state index contributed by atoms with van der Waals surface area (Å²) in [5.41, 5.74) is 7.64. The molecule has 0 aromatic heterocycles. The minimum Gasteiger partial charge on any atom is -0.324 e. The van der Waals surface area contributed by atoms with Crippen LogP contribution in [-0.2, 0) is 0 Å². The van der Waals surface area contributed by atoms with Gasteiger partial charge >= 0.3 is 0 Å². The van der Waals surface area contributed by atoms with E-state index in [4.69, 9.17) is 5.73 Å². The minimum absolute atomic E-state index is 0.141. The topological polar surface area (TPSA) is 32.5 Å². The molecule has 1 aliphatic rings. The van der Waals surface area contributed by atoms with Crippen LogP contribution in [-0.4, -0.2) is 49.6 Å². The minimum atomic E-state index is 0.141. The van der Waals surface area contributed by atoms with E-state index in [0.29, 0.717) is 5.92 Å². The molecule has 1 aromatic rings. The van der Waals surface area contributed by atoms with E-state index in [1.54, 1.807) is 0 Å². The maximum absolute atomic E-state index is 6.38. The fraction of sp³-hybridized carbons (Fsp3) is 0.625. The van der Waals surface area contributed by atoms with E-state index >= 15 is 0 Å². The zero-order valence-electron chi connectivity index (χ0n) is 12.3. The molecule has 0 amide bonds. The first-order valence-corrected chi connectivity index (χ1v) is 7.38. The maximum Gasteiger partial charge on any atom is 0.0333 e. The number of hydrogen-bond acceptors (Lipinski definition) is 3. The Bertz CT molecular complexity index is 366. The fourth-order valence-corrected chi connectivity index (χ4v) is 2.81. The predicted octanol–water partition coefficient (Wildman–Crippen LogP) is 1.96. The summed E-state index contributed by atoms with van der Waals surface area (Å²) in [6.07, 6.45) is 1.27. The van der Waals surface area contributed by atoms with E-state index in [1.165, 1.54) is 38.2 Å². The number of likely N-dealkylation sites (N-methyl/N-ethyl adjacent to an activating group) is 1. The Morgan fingerprint density at radius 2 is 1.84 bits per heavy atom. The number of nitrogens with zero attached hydrogens (tertiary/aromatic N) is 2. The third kappa shape index (κ3) is 4.30. The molecule has 3 heteroatoms. The molecule has 1 saturated heterocycles. The van der Waals surface area contributed by atoms with Crippen molar-refractivity contribution in [2.45, 2.75) is 19.4 Å². The average Bonchev–Trinajstić information content (AvgIpc) is 2.64. The Morgan fingerprint density at radius 1 is 1.11 bits per heavy atom. The van der Waals surface area contributed by atoms with Gasteiger partial charge in [-0.05, 0) is 38.0 Å². The van der Waals surface area contributed by atoms with Gasteiger partial charge in [-0.15, -0.1) is 0 Å². The van der Waals surface area contributed by atoms with Gasteiger partial charge in [-0.3, -0.25) is 0 Å². The summed E-state index contributed by atoms with van der Waals surface area (Å²) in [4.78, 5) is 4.98. The first-order valence-electron chi connectivity index (χ1n) is 7.38. The van der Waals surface area contributed by atoms with Crippen LogP contribution < -0.4 is 5.73 Å². The van der Waals surface area contributed by atoms with E-state index in [0.717, 1.165) is 6.54 Å². The smallest absolute Gasteiger partial charge is 0.0333 e. The highest BCUT2D eigenvalue weighted by molar-refractivity contribution is 5.19. The van der Waals surface area contributed by atoms with Crippen LogP contribution in [0.3, 0.4) is 0 Å². The van der Waals surface area contributed by atoms with Gasteiger partial charge < -0.3 is 15.5 Å². The van der Waals surface area contributed by atoms with Crippen LogP contribution in [0.15, 0.2) is 30.3 Å². The van der Waals surface area contributed by atoms with E-state index in [1.807, 2.05) is 6.07 Å². The van der Waals surface area contributed by atoms with Crippen molar-refractivity contribution in [3.05, 3.63) is 35.9 Å². The van der Waals surface area contributed by atoms with Gasteiger partial charge in [0.1, 0.15) is 0 Å². The summed E-state index contributed by atoms with van der Waals surface area (Å²) in [6.45, 7) is 8.14. The Hall–Kier alpha value is -0.900. The summed E-state index contributed by atoms with van der Waals surface area (Å²) >= 11 is 0. The van der Waals surface area contributed by atoms with Gasteiger partial charge in [-0.2, -0.15) is 0 Å². The molecule has 0 saturated carbocycles. The quantitative estimate of drug-likeness (QED) is 0.899. The zero-order valence-corrected chi connectivity index (χ0v) is 12.3. The van der Waals surface area contributed by atoms with Gasteiger partial charge in [0.25, 0.3) is 0 Å². The standard InChI is InChI=1S/C16H27N3/c1-14(16(17)15-7-4-3-5-8-15)13-19-10-6-9-18(2)11-12-19/h3-5,7-8,14,16H,6,9-13,17H2,1-2H3. The van der Waals surface area contributed by atoms with E-state index in [2.05, 4.69) is 48.0 Å². The first-order chi connectivity index (χ1) is 9.16. The fourth-order valence-electron chi connectivity index (χ4n) is 2.81. The lowest BCUT2D eigenvalue weighted by atomic mass is 9.95. The Morgan fingerprint density at radius 3 is 2.58 bits per heavy atom. The molecular formula is C16H27N3. The number of nitrogens with two attached hydrogens (primary N) is 1. The van der Waals surface area contributed by atoms with Crippen molar-refractivity contribution in [1.29, 1.82) is 0 Å². The largest absolute Gasteiger partial charge is 0.324 e. The lowest BCUT2D eigenvalue weighted by Gasteiger charge is -2.27. The third-order valence-corrected chi connectivity index (χ3v) is 4.16. The van der Waals surface area contributed by atoms with Gasteiger partial charge in [0.05, 0.1) is 0 Å². The second-order valence-electron chi connectivity index (χ2n) is 5.87. The Kier molecular flexibility index (Phi) is 5.37. The summed E-state index contributed by atoms with van der Waals surface area (Å²) in [7, 11) is 2.21. The van der Waals surface area contributed by atoms with Crippen molar-refractivity contribution in [1.82, 2.24) is 9.80 Å². The Labute approximate surface area is 117 Å². The normalized spacial score (nSPS) is 21.8. The predicted molar refractivity (Wildman–Crippen MR) is 81.1 cm³/mol. The van der Waals surface area contributed by atoms with Crippen molar-refractivity contribution in [2.75, 3.05) is 39.8 Å². The van der Waals surface area contributed by atoms with Gasteiger partial charge in [-0.1, -0.05) is 37.3 Å². The molecular weight excluding hydrogens is 234 g/mol. The lowest BCUT2D eigenvalue weighted by Crippen LogP contribution is -2.36. The molecule has 1 aliphatic heterocycles. The van der Waals surface area contributed by atoms with Crippen LogP contribution in [0.4, 0.5) is 0 Å². The number of rotatable bonds is 4. The molecule has 0 spiro atoms. The van der Waals surface area contributed by atoms with Crippen LogP contribution in [0, 0.1) is 5.92 Å². The molecule has 106 valence electrons. The molecule has 2 rings (SSSR count). The third-order valence-electron chi connectivity index (χ3n) is 4.16. The molecule has 19 heavy (non-hydrogen) atoms. The van der Waals surface area contributed by atoms with Gasteiger partial charge in [0, 0.05) is 25.7 Å². The highest BCUT2D eigenvalue weighted by atomic mass is 15.2. The Balaban J connectivity index is 1.88. The van der Waals surface area contributed by atoms with Gasteiger partial charge in [-0.25, -0.2) is 0 Å². The monoisotopic (exact) mass is 261 g/mol. The van der Waals surface area contributed by atoms with Crippen LogP contribution in [0.5, 0.6) is 0 Å². The summed E-state index contributed by atoms with van der Waals surface area (Å²) in [5, 5.41) is 0. The highest BCUT2D eigenvalue weighted by Crippen LogP contribution is 2.20. The van der Waals surface area contributed by atoms with Crippen molar-refractivity contribution in [3.8, 4) is 0 Å². The summed E-state index contributed by atoms with van der Waals surface area (Å²) in [5.74, 6) is 0.491.